The van der Waals surface area contributed by atoms with Gasteiger partial charge in [0.1, 0.15) is 11.0 Å². The molecule has 1 saturated carbocycles. The van der Waals surface area contributed by atoms with Crippen molar-refractivity contribution < 1.29 is 0 Å². The Morgan fingerprint density at radius 1 is 1.60 bits per heavy atom. The quantitative estimate of drug-likeness (QED) is 0.627. The molecule has 1 fully saturated rings. The van der Waals surface area contributed by atoms with Crippen LogP contribution in [0.5, 0.6) is 0 Å². The lowest BCUT2D eigenvalue weighted by Gasteiger charge is -2.21. The molecule has 1 aliphatic carbocycles. The minimum atomic E-state index is 0.215. The SMILES string of the molecule is C=CCN(c1cc(Cl)nc(N)n1)C1CC1. The van der Waals surface area contributed by atoms with Crippen molar-refractivity contribution in [2.75, 3.05) is 17.2 Å². The van der Waals surface area contributed by atoms with Gasteiger partial charge in [0.25, 0.3) is 0 Å². The van der Waals surface area contributed by atoms with Crippen molar-refractivity contribution in [3.05, 3.63) is 23.9 Å². The minimum Gasteiger partial charge on any atom is -0.368 e. The van der Waals surface area contributed by atoms with Crippen LogP contribution in [0.2, 0.25) is 5.15 Å². The van der Waals surface area contributed by atoms with Crippen LogP contribution in [0.3, 0.4) is 0 Å². The van der Waals surface area contributed by atoms with Crippen LogP contribution >= 0.6 is 11.6 Å². The minimum absolute atomic E-state index is 0.215. The van der Waals surface area contributed by atoms with Crippen LogP contribution in [0, 0.1) is 0 Å². The molecule has 2 rings (SSSR count). The highest BCUT2D eigenvalue weighted by Crippen LogP contribution is 2.31. The predicted octanol–water partition coefficient (Wildman–Crippen LogP) is 1.87. The van der Waals surface area contributed by atoms with E-state index in [-0.39, 0.29) is 5.95 Å². The molecule has 0 bridgehead atoms. The molecular weight excluding hydrogens is 212 g/mol. The molecule has 1 aliphatic rings. The van der Waals surface area contributed by atoms with Crippen LogP contribution < -0.4 is 10.6 Å². The zero-order valence-electron chi connectivity index (χ0n) is 8.36. The number of hydrogen-bond acceptors (Lipinski definition) is 4. The van der Waals surface area contributed by atoms with Gasteiger partial charge in [-0.05, 0) is 12.8 Å². The summed E-state index contributed by atoms with van der Waals surface area (Å²) in [7, 11) is 0. The van der Waals surface area contributed by atoms with Gasteiger partial charge in [0.15, 0.2) is 0 Å². The summed E-state index contributed by atoms with van der Waals surface area (Å²) in [4.78, 5) is 10.2. The van der Waals surface area contributed by atoms with Crippen molar-refractivity contribution in [2.45, 2.75) is 18.9 Å². The van der Waals surface area contributed by atoms with Crippen molar-refractivity contribution in [1.82, 2.24) is 9.97 Å². The van der Waals surface area contributed by atoms with Gasteiger partial charge < -0.3 is 10.6 Å². The van der Waals surface area contributed by atoms with E-state index in [4.69, 9.17) is 17.3 Å². The molecule has 4 nitrogen and oxygen atoms in total. The number of nitrogens with two attached hydrogens (primary N) is 1. The Morgan fingerprint density at radius 2 is 2.33 bits per heavy atom. The van der Waals surface area contributed by atoms with E-state index in [9.17, 15) is 0 Å². The van der Waals surface area contributed by atoms with Gasteiger partial charge in [0, 0.05) is 18.7 Å². The number of nitrogens with zero attached hydrogens (tertiary/aromatic N) is 3. The van der Waals surface area contributed by atoms with Crippen LogP contribution in [0.1, 0.15) is 12.8 Å². The van der Waals surface area contributed by atoms with Gasteiger partial charge in [0.05, 0.1) is 0 Å². The van der Waals surface area contributed by atoms with Gasteiger partial charge in [-0.3, -0.25) is 0 Å². The molecule has 0 unspecified atom stereocenters. The Labute approximate surface area is 93.8 Å². The zero-order chi connectivity index (χ0) is 10.8. The number of anilines is 2. The van der Waals surface area contributed by atoms with Gasteiger partial charge in [-0.1, -0.05) is 17.7 Å². The average molecular weight is 225 g/mol. The highest BCUT2D eigenvalue weighted by atomic mass is 35.5. The first kappa shape index (κ1) is 10.2. The van der Waals surface area contributed by atoms with Gasteiger partial charge in [0.2, 0.25) is 5.95 Å². The Hall–Kier alpha value is -1.29. The number of aromatic nitrogens is 2. The van der Waals surface area contributed by atoms with E-state index in [1.807, 2.05) is 6.08 Å². The van der Waals surface area contributed by atoms with E-state index in [1.165, 1.54) is 12.8 Å². The van der Waals surface area contributed by atoms with Gasteiger partial charge in [-0.25, -0.2) is 4.98 Å². The standard InChI is InChI=1S/C10H13ClN4/c1-2-5-15(7-3-4-7)9-6-8(11)13-10(12)14-9/h2,6-7H,1,3-5H2,(H2,12,13,14). The summed E-state index contributed by atoms with van der Waals surface area (Å²) >= 11 is 5.84. The molecule has 1 aromatic heterocycles. The molecule has 0 radical (unpaired) electrons. The highest BCUT2D eigenvalue weighted by molar-refractivity contribution is 6.29. The van der Waals surface area contributed by atoms with Crippen molar-refractivity contribution in [3.8, 4) is 0 Å². The van der Waals surface area contributed by atoms with E-state index in [0.717, 1.165) is 12.4 Å². The third-order valence-corrected chi connectivity index (χ3v) is 2.50. The maximum Gasteiger partial charge on any atom is 0.223 e. The summed E-state index contributed by atoms with van der Waals surface area (Å²) in [6.45, 7) is 4.49. The fourth-order valence-electron chi connectivity index (χ4n) is 1.52. The van der Waals surface area contributed by atoms with Crippen molar-refractivity contribution in [1.29, 1.82) is 0 Å². The van der Waals surface area contributed by atoms with Crippen LogP contribution in [0.25, 0.3) is 0 Å². The van der Waals surface area contributed by atoms with Crippen molar-refractivity contribution >= 4 is 23.4 Å². The molecule has 0 aromatic carbocycles. The van der Waals surface area contributed by atoms with Gasteiger partial charge >= 0.3 is 0 Å². The monoisotopic (exact) mass is 224 g/mol. The highest BCUT2D eigenvalue weighted by Gasteiger charge is 2.29. The lowest BCUT2D eigenvalue weighted by molar-refractivity contribution is 0.839. The lowest BCUT2D eigenvalue weighted by Crippen LogP contribution is -2.26. The molecule has 0 atom stereocenters. The molecular formula is C10H13ClN4. The summed E-state index contributed by atoms with van der Waals surface area (Å²) in [5.74, 6) is 1.00. The maximum absolute atomic E-state index is 5.84. The van der Waals surface area contributed by atoms with Crippen LogP contribution in [-0.4, -0.2) is 22.6 Å². The third kappa shape index (κ3) is 2.39. The molecule has 0 aliphatic heterocycles. The average Bonchev–Trinajstić information content (AvgIpc) is 2.95. The molecule has 15 heavy (non-hydrogen) atoms. The predicted molar refractivity (Wildman–Crippen MR) is 62.0 cm³/mol. The van der Waals surface area contributed by atoms with Gasteiger partial charge in [-0.15, -0.1) is 6.58 Å². The second-order valence-corrected chi connectivity index (χ2v) is 3.97. The first-order valence-electron chi connectivity index (χ1n) is 4.88. The van der Waals surface area contributed by atoms with E-state index >= 15 is 0 Å². The van der Waals surface area contributed by atoms with E-state index in [0.29, 0.717) is 11.2 Å². The maximum atomic E-state index is 5.84. The summed E-state index contributed by atoms with van der Waals surface area (Å²) in [5, 5.41) is 0.382. The molecule has 2 N–H and O–H groups in total. The molecule has 0 amide bonds. The van der Waals surface area contributed by atoms with Crippen molar-refractivity contribution in [3.63, 3.8) is 0 Å². The Balaban J connectivity index is 2.27. The fourth-order valence-corrected chi connectivity index (χ4v) is 1.71. The Kier molecular flexibility index (Phi) is 2.77. The number of hydrogen-bond donors (Lipinski definition) is 1. The molecule has 0 spiro atoms. The van der Waals surface area contributed by atoms with Crippen LogP contribution in [-0.2, 0) is 0 Å². The molecule has 1 aromatic rings. The molecule has 80 valence electrons. The second kappa shape index (κ2) is 4.06. The number of halogens is 1. The molecule has 1 heterocycles. The molecule has 5 heteroatoms. The van der Waals surface area contributed by atoms with Gasteiger partial charge in [-0.2, -0.15) is 4.98 Å². The first-order chi connectivity index (χ1) is 7.20. The normalized spacial score (nSPS) is 15.0. The zero-order valence-corrected chi connectivity index (χ0v) is 9.11. The molecule has 0 saturated heterocycles. The Morgan fingerprint density at radius 3 is 2.87 bits per heavy atom. The van der Waals surface area contributed by atoms with E-state index < -0.39 is 0 Å². The van der Waals surface area contributed by atoms with Crippen LogP contribution in [0.4, 0.5) is 11.8 Å². The smallest absolute Gasteiger partial charge is 0.223 e. The summed E-state index contributed by atoms with van der Waals surface area (Å²) in [5.41, 5.74) is 5.55. The fraction of sp³-hybridized carbons (Fsp3) is 0.400. The summed E-state index contributed by atoms with van der Waals surface area (Å²) < 4.78 is 0. The first-order valence-corrected chi connectivity index (χ1v) is 5.26. The largest absolute Gasteiger partial charge is 0.368 e. The van der Waals surface area contributed by atoms with E-state index in [2.05, 4.69) is 21.4 Å². The van der Waals surface area contributed by atoms with Crippen LogP contribution in [0.15, 0.2) is 18.7 Å². The number of rotatable bonds is 4. The number of nitrogen functional groups attached to an aromatic ring is 1. The summed E-state index contributed by atoms with van der Waals surface area (Å²) in [6.07, 6.45) is 4.23. The topological polar surface area (TPSA) is 55.0 Å². The third-order valence-electron chi connectivity index (χ3n) is 2.31. The Bertz CT molecular complexity index is 355. The lowest BCUT2D eigenvalue weighted by atomic mass is 10.4. The van der Waals surface area contributed by atoms with Crippen molar-refractivity contribution in [2.24, 2.45) is 0 Å². The summed E-state index contributed by atoms with van der Waals surface area (Å²) in [6, 6.07) is 2.29. The second-order valence-electron chi connectivity index (χ2n) is 3.58. The van der Waals surface area contributed by atoms with E-state index in [1.54, 1.807) is 6.07 Å².